The van der Waals surface area contributed by atoms with Gasteiger partial charge in [-0.2, -0.15) is 5.26 Å². The first-order chi connectivity index (χ1) is 18.4. The molecule has 198 valence electrons. The minimum Gasteiger partial charge on any atom is -0.326 e. The number of nitriles is 1. The van der Waals surface area contributed by atoms with Gasteiger partial charge in [0, 0.05) is 16.2 Å². The topological polar surface area (TPSA) is 94.4 Å². The quantitative estimate of drug-likeness (QED) is 0.327. The molecule has 2 aromatic rings. The minimum absolute atomic E-state index is 0.0134. The van der Waals surface area contributed by atoms with E-state index in [2.05, 4.69) is 28.9 Å². The molecule has 1 aliphatic heterocycles. The number of anilines is 1. The van der Waals surface area contributed by atoms with E-state index in [0.717, 1.165) is 67.1 Å². The molecule has 1 aromatic carbocycles. The van der Waals surface area contributed by atoms with Crippen molar-refractivity contribution in [2.24, 2.45) is 5.92 Å². The van der Waals surface area contributed by atoms with Crippen LogP contribution in [0.1, 0.15) is 68.7 Å². The summed E-state index contributed by atoms with van der Waals surface area (Å²) in [5, 5.41) is 10.3. The van der Waals surface area contributed by atoms with Crippen LogP contribution in [0.4, 0.5) is 5.69 Å². The van der Waals surface area contributed by atoms with Crippen molar-refractivity contribution in [3.8, 4) is 6.07 Å². The number of aryl methyl sites for hydroxylation is 1. The highest BCUT2D eigenvalue weighted by molar-refractivity contribution is 9.10. The lowest BCUT2D eigenvalue weighted by Gasteiger charge is -2.37. The number of rotatable bonds is 6. The smallest absolute Gasteiger partial charge is 0.257 e. The number of nitrogens with zero attached hydrogens (tertiary/aromatic N) is 4. The number of hydrogen-bond acceptors (Lipinski definition) is 6. The van der Waals surface area contributed by atoms with E-state index >= 15 is 0 Å². The number of pyridine rings is 1. The third kappa shape index (κ3) is 5.52. The second-order valence-corrected chi connectivity index (χ2v) is 12.4. The first-order valence-corrected chi connectivity index (χ1v) is 15.1. The van der Waals surface area contributed by atoms with Gasteiger partial charge in [-0.1, -0.05) is 53.9 Å². The third-order valence-electron chi connectivity index (χ3n) is 7.85. The molecule has 0 bridgehead atoms. The number of aromatic nitrogens is 1. The number of halogens is 1. The van der Waals surface area contributed by atoms with Crippen LogP contribution in [0, 0.1) is 17.2 Å². The molecule has 2 heterocycles. The molecule has 0 N–H and O–H groups in total. The SMILES string of the molecule is CC1CCc2nc(SCC(=O)N(C3CCCCC3)C3CC(=O)N(c4ccc(Br)cc4)C3=O)c(C#N)cc2C1. The van der Waals surface area contributed by atoms with Gasteiger partial charge in [-0.3, -0.25) is 14.4 Å². The van der Waals surface area contributed by atoms with Gasteiger partial charge in [0.25, 0.3) is 5.91 Å². The molecule has 2 unspecified atom stereocenters. The van der Waals surface area contributed by atoms with E-state index in [1.54, 1.807) is 29.2 Å². The summed E-state index contributed by atoms with van der Waals surface area (Å²) >= 11 is 4.66. The van der Waals surface area contributed by atoms with Gasteiger partial charge >= 0.3 is 0 Å². The molecule has 38 heavy (non-hydrogen) atoms. The third-order valence-corrected chi connectivity index (χ3v) is 9.36. The van der Waals surface area contributed by atoms with Crippen LogP contribution in [-0.2, 0) is 27.2 Å². The molecule has 2 aliphatic carbocycles. The van der Waals surface area contributed by atoms with E-state index in [9.17, 15) is 19.6 Å². The fourth-order valence-corrected chi connectivity index (χ4v) is 7.02. The molecule has 2 fully saturated rings. The van der Waals surface area contributed by atoms with E-state index in [1.165, 1.54) is 16.7 Å². The average molecular weight is 596 g/mol. The lowest BCUT2D eigenvalue weighted by atomic mass is 9.87. The average Bonchev–Trinajstić information content (AvgIpc) is 3.21. The highest BCUT2D eigenvalue weighted by Gasteiger charge is 2.46. The summed E-state index contributed by atoms with van der Waals surface area (Å²) < 4.78 is 0.856. The van der Waals surface area contributed by atoms with Crippen molar-refractivity contribution >= 4 is 51.1 Å². The highest BCUT2D eigenvalue weighted by Crippen LogP contribution is 2.34. The van der Waals surface area contributed by atoms with Crippen molar-refractivity contribution in [3.05, 3.63) is 51.6 Å². The maximum Gasteiger partial charge on any atom is 0.257 e. The van der Waals surface area contributed by atoms with Gasteiger partial charge < -0.3 is 4.90 Å². The van der Waals surface area contributed by atoms with Crippen LogP contribution in [0.25, 0.3) is 0 Å². The van der Waals surface area contributed by atoms with Crippen LogP contribution in [0.15, 0.2) is 39.8 Å². The lowest BCUT2D eigenvalue weighted by Crippen LogP contribution is -2.52. The van der Waals surface area contributed by atoms with Crippen LogP contribution < -0.4 is 4.90 Å². The number of imide groups is 1. The first kappa shape index (κ1) is 26.9. The standard InChI is InChI=1S/C29H31BrN4O3S/c1-18-7-12-24-19(13-18)14-20(16-31)28(32-24)38-17-27(36)33(22-5-3-2-4-6-22)25-15-26(35)34(29(25)37)23-10-8-21(30)9-11-23/h8-11,14,18,22,25H,2-7,12-13,15,17H2,1H3. The van der Waals surface area contributed by atoms with Crippen molar-refractivity contribution in [1.82, 2.24) is 9.88 Å². The number of fused-ring (bicyclic) bond motifs is 1. The van der Waals surface area contributed by atoms with Crippen molar-refractivity contribution < 1.29 is 14.4 Å². The zero-order valence-corrected chi connectivity index (χ0v) is 23.9. The van der Waals surface area contributed by atoms with Gasteiger partial charge in [0.2, 0.25) is 11.8 Å². The van der Waals surface area contributed by atoms with Crippen LogP contribution in [0.2, 0.25) is 0 Å². The summed E-state index contributed by atoms with van der Waals surface area (Å²) in [6, 6.07) is 10.4. The summed E-state index contributed by atoms with van der Waals surface area (Å²) in [4.78, 5) is 48.1. The minimum atomic E-state index is -0.809. The Labute approximate surface area is 236 Å². The molecule has 7 nitrogen and oxygen atoms in total. The van der Waals surface area contributed by atoms with Gasteiger partial charge in [-0.25, -0.2) is 9.88 Å². The Balaban J connectivity index is 1.37. The Morgan fingerprint density at radius 2 is 1.89 bits per heavy atom. The van der Waals surface area contributed by atoms with Crippen molar-refractivity contribution in [3.63, 3.8) is 0 Å². The van der Waals surface area contributed by atoms with Crippen LogP contribution in [0.5, 0.6) is 0 Å². The molecular formula is C29H31BrN4O3S. The summed E-state index contributed by atoms with van der Waals surface area (Å²) in [7, 11) is 0. The molecule has 2 atom stereocenters. The molecule has 1 aromatic heterocycles. The van der Waals surface area contributed by atoms with Crippen molar-refractivity contribution in [2.75, 3.05) is 10.7 Å². The Hall–Kier alpha value is -2.70. The maximum absolute atomic E-state index is 13.8. The van der Waals surface area contributed by atoms with E-state index in [4.69, 9.17) is 4.98 Å². The second-order valence-electron chi connectivity index (χ2n) is 10.6. The molecular weight excluding hydrogens is 564 g/mol. The maximum atomic E-state index is 13.8. The number of benzene rings is 1. The first-order valence-electron chi connectivity index (χ1n) is 13.3. The Kier molecular flexibility index (Phi) is 8.20. The van der Waals surface area contributed by atoms with E-state index in [-0.39, 0.29) is 35.9 Å². The van der Waals surface area contributed by atoms with E-state index < -0.39 is 6.04 Å². The summed E-state index contributed by atoms with van der Waals surface area (Å²) in [5.41, 5.74) is 3.15. The Morgan fingerprint density at radius 3 is 2.61 bits per heavy atom. The zero-order valence-electron chi connectivity index (χ0n) is 21.5. The largest absolute Gasteiger partial charge is 0.326 e. The normalized spacial score (nSPS) is 21.8. The van der Waals surface area contributed by atoms with Gasteiger partial charge in [0.05, 0.1) is 23.4 Å². The van der Waals surface area contributed by atoms with E-state index in [0.29, 0.717) is 22.2 Å². The zero-order chi connectivity index (χ0) is 26.8. The number of thioether (sulfide) groups is 1. The summed E-state index contributed by atoms with van der Waals surface area (Å²) in [5.74, 6) is -0.170. The highest BCUT2D eigenvalue weighted by atomic mass is 79.9. The summed E-state index contributed by atoms with van der Waals surface area (Å²) in [6.45, 7) is 2.21. The molecule has 3 amide bonds. The molecule has 0 spiro atoms. The Bertz CT molecular complexity index is 1290. The Morgan fingerprint density at radius 1 is 1.16 bits per heavy atom. The van der Waals surface area contributed by atoms with E-state index in [1.807, 2.05) is 6.07 Å². The number of carbonyl (C=O) groups excluding carboxylic acids is 3. The van der Waals surface area contributed by atoms with Gasteiger partial charge in [0.15, 0.2) is 0 Å². The molecule has 3 aliphatic rings. The summed E-state index contributed by atoms with van der Waals surface area (Å²) in [6.07, 6.45) is 7.60. The van der Waals surface area contributed by atoms with Crippen LogP contribution >= 0.6 is 27.7 Å². The fraction of sp³-hybridized carbons (Fsp3) is 0.483. The molecule has 5 rings (SSSR count). The van der Waals surface area contributed by atoms with Gasteiger partial charge in [-0.15, -0.1) is 0 Å². The predicted molar refractivity (Wildman–Crippen MR) is 150 cm³/mol. The molecule has 9 heteroatoms. The molecule has 1 saturated carbocycles. The second kappa shape index (κ2) is 11.6. The van der Waals surface area contributed by atoms with Crippen molar-refractivity contribution in [2.45, 2.75) is 81.8 Å². The fourth-order valence-electron chi connectivity index (χ4n) is 5.91. The lowest BCUT2D eigenvalue weighted by molar-refractivity contribution is -0.139. The van der Waals surface area contributed by atoms with Crippen LogP contribution in [-0.4, -0.2) is 45.4 Å². The molecule has 1 saturated heterocycles. The van der Waals surface area contributed by atoms with Crippen LogP contribution in [0.3, 0.4) is 0 Å². The molecule has 0 radical (unpaired) electrons. The van der Waals surface area contributed by atoms with Gasteiger partial charge in [-0.05, 0) is 73.9 Å². The predicted octanol–water partition coefficient (Wildman–Crippen LogP) is 5.43. The van der Waals surface area contributed by atoms with Crippen molar-refractivity contribution in [1.29, 1.82) is 5.26 Å². The number of hydrogen-bond donors (Lipinski definition) is 0. The van der Waals surface area contributed by atoms with Gasteiger partial charge in [0.1, 0.15) is 17.1 Å². The number of carbonyl (C=O) groups is 3. The number of amides is 3. The monoisotopic (exact) mass is 594 g/mol.